The Labute approximate surface area is 66.6 Å². The molecule has 58 valence electrons. The highest BCUT2D eigenvalue weighted by Gasteiger charge is 1.97. The zero-order chi connectivity index (χ0) is 6.69. The van der Waals surface area contributed by atoms with Gasteiger partial charge in [-0.2, -0.15) is 5.10 Å². The Morgan fingerprint density at radius 1 is 1.70 bits per heavy atom. The fourth-order valence-corrected chi connectivity index (χ4v) is 0.649. The summed E-state index contributed by atoms with van der Waals surface area (Å²) < 4.78 is 1.85. The van der Waals surface area contributed by atoms with Crippen LogP contribution in [-0.2, 0) is 0 Å². The molecule has 3 nitrogen and oxygen atoms in total. The van der Waals surface area contributed by atoms with E-state index in [0.717, 1.165) is 0 Å². The summed E-state index contributed by atoms with van der Waals surface area (Å²) in [5.74, 6) is 0. The Balaban J connectivity index is 0.000000810. The van der Waals surface area contributed by atoms with Gasteiger partial charge >= 0.3 is 0 Å². The van der Waals surface area contributed by atoms with Gasteiger partial charge in [-0.25, -0.2) is 0 Å². The molecular formula is C6H12ClN3. The van der Waals surface area contributed by atoms with Crippen LogP contribution in [0.4, 0.5) is 0 Å². The van der Waals surface area contributed by atoms with E-state index in [4.69, 9.17) is 5.73 Å². The van der Waals surface area contributed by atoms with Crippen molar-refractivity contribution in [2.75, 3.05) is 6.54 Å². The van der Waals surface area contributed by atoms with E-state index >= 15 is 0 Å². The van der Waals surface area contributed by atoms with Crippen LogP contribution in [-0.4, -0.2) is 16.3 Å². The van der Waals surface area contributed by atoms with Crippen molar-refractivity contribution in [2.24, 2.45) is 5.73 Å². The van der Waals surface area contributed by atoms with Gasteiger partial charge in [-0.05, 0) is 13.0 Å². The molecular weight excluding hydrogens is 150 g/mol. The number of aromatic nitrogens is 2. The molecule has 0 saturated heterocycles. The molecule has 0 aliphatic rings. The number of nitrogens with two attached hydrogens (primary N) is 1. The van der Waals surface area contributed by atoms with Crippen LogP contribution in [0.15, 0.2) is 18.5 Å². The zero-order valence-electron chi connectivity index (χ0n) is 5.90. The maximum absolute atomic E-state index is 5.40. The molecule has 0 saturated carbocycles. The van der Waals surface area contributed by atoms with E-state index in [1.165, 1.54) is 0 Å². The third kappa shape index (κ3) is 2.01. The summed E-state index contributed by atoms with van der Waals surface area (Å²) in [6.07, 6.45) is 3.67. The number of nitrogens with zero attached hydrogens (tertiary/aromatic N) is 2. The van der Waals surface area contributed by atoms with Gasteiger partial charge in [0.25, 0.3) is 0 Å². The molecule has 0 aromatic carbocycles. The highest BCUT2D eigenvalue weighted by molar-refractivity contribution is 5.85. The third-order valence-corrected chi connectivity index (χ3v) is 1.32. The van der Waals surface area contributed by atoms with Crippen LogP contribution in [0.2, 0.25) is 0 Å². The van der Waals surface area contributed by atoms with E-state index in [1.54, 1.807) is 6.20 Å². The van der Waals surface area contributed by atoms with Gasteiger partial charge in [0.1, 0.15) is 0 Å². The van der Waals surface area contributed by atoms with E-state index in [0.29, 0.717) is 12.6 Å². The second-order valence-electron chi connectivity index (χ2n) is 2.07. The first-order valence-corrected chi connectivity index (χ1v) is 3.04. The third-order valence-electron chi connectivity index (χ3n) is 1.32. The lowest BCUT2D eigenvalue weighted by Crippen LogP contribution is -2.15. The zero-order valence-corrected chi connectivity index (χ0v) is 6.71. The van der Waals surface area contributed by atoms with Crippen LogP contribution < -0.4 is 5.73 Å². The molecule has 0 bridgehead atoms. The maximum atomic E-state index is 5.40. The topological polar surface area (TPSA) is 43.8 Å². The van der Waals surface area contributed by atoms with Crippen LogP contribution in [0.1, 0.15) is 13.0 Å². The quantitative estimate of drug-likeness (QED) is 0.698. The number of hydrogen-bond donors (Lipinski definition) is 1. The van der Waals surface area contributed by atoms with Gasteiger partial charge in [-0.1, -0.05) is 0 Å². The number of rotatable bonds is 2. The van der Waals surface area contributed by atoms with Crippen molar-refractivity contribution >= 4 is 12.4 Å². The predicted molar refractivity (Wildman–Crippen MR) is 43.2 cm³/mol. The Hall–Kier alpha value is -0.540. The summed E-state index contributed by atoms with van der Waals surface area (Å²) in [5, 5.41) is 4.02. The van der Waals surface area contributed by atoms with Gasteiger partial charge in [0.15, 0.2) is 0 Å². The fraction of sp³-hybridized carbons (Fsp3) is 0.500. The smallest absolute Gasteiger partial charge is 0.0613 e. The molecule has 1 rings (SSSR count). The number of halogens is 1. The van der Waals surface area contributed by atoms with Crippen molar-refractivity contribution in [3.05, 3.63) is 18.5 Å². The lowest BCUT2D eigenvalue weighted by Gasteiger charge is -2.06. The van der Waals surface area contributed by atoms with E-state index in [1.807, 2.05) is 23.9 Å². The number of hydrogen-bond acceptors (Lipinski definition) is 2. The summed E-state index contributed by atoms with van der Waals surface area (Å²) in [6.45, 7) is 2.68. The molecule has 0 aliphatic heterocycles. The Morgan fingerprint density at radius 2 is 2.40 bits per heavy atom. The Bertz CT molecular complexity index is 162. The van der Waals surface area contributed by atoms with Crippen molar-refractivity contribution in [2.45, 2.75) is 13.0 Å². The summed E-state index contributed by atoms with van der Waals surface area (Å²) in [6, 6.07) is 2.21. The highest BCUT2D eigenvalue weighted by Crippen LogP contribution is 1.98. The predicted octanol–water partition coefficient (Wildman–Crippen LogP) is 0.825. The molecule has 1 aromatic heterocycles. The van der Waals surface area contributed by atoms with Crippen molar-refractivity contribution in [1.29, 1.82) is 0 Å². The lowest BCUT2D eigenvalue weighted by atomic mass is 10.3. The molecule has 0 aliphatic carbocycles. The SMILES string of the molecule is CC(CN)n1cccn1.Cl. The summed E-state index contributed by atoms with van der Waals surface area (Å²) in [5.41, 5.74) is 5.40. The first-order valence-electron chi connectivity index (χ1n) is 3.04. The van der Waals surface area contributed by atoms with Crippen LogP contribution in [0.5, 0.6) is 0 Å². The summed E-state index contributed by atoms with van der Waals surface area (Å²) >= 11 is 0. The molecule has 2 N–H and O–H groups in total. The minimum absolute atomic E-state index is 0. The van der Waals surface area contributed by atoms with Gasteiger partial charge in [-0.3, -0.25) is 4.68 Å². The van der Waals surface area contributed by atoms with E-state index < -0.39 is 0 Å². The van der Waals surface area contributed by atoms with Crippen LogP contribution in [0.3, 0.4) is 0 Å². The molecule has 0 amide bonds. The van der Waals surface area contributed by atoms with Gasteiger partial charge in [-0.15, -0.1) is 12.4 Å². The van der Waals surface area contributed by atoms with Crippen molar-refractivity contribution in [3.63, 3.8) is 0 Å². The second kappa shape index (κ2) is 4.30. The molecule has 1 aromatic rings. The highest BCUT2D eigenvalue weighted by atomic mass is 35.5. The first-order chi connectivity index (χ1) is 4.34. The molecule has 1 atom stereocenters. The van der Waals surface area contributed by atoms with Crippen LogP contribution in [0, 0.1) is 0 Å². The molecule has 0 radical (unpaired) electrons. The molecule has 10 heavy (non-hydrogen) atoms. The Kier molecular flexibility index (Phi) is 4.07. The van der Waals surface area contributed by atoms with E-state index in [2.05, 4.69) is 5.10 Å². The standard InChI is InChI=1S/C6H11N3.ClH/c1-6(5-7)9-4-2-3-8-9;/h2-4,6H,5,7H2,1H3;1H. The van der Waals surface area contributed by atoms with Gasteiger partial charge in [0.2, 0.25) is 0 Å². The Morgan fingerprint density at radius 3 is 2.80 bits per heavy atom. The first kappa shape index (κ1) is 9.46. The molecule has 0 spiro atoms. The average Bonchev–Trinajstić information content (AvgIpc) is 2.37. The minimum Gasteiger partial charge on any atom is -0.328 e. The van der Waals surface area contributed by atoms with E-state index in [-0.39, 0.29) is 12.4 Å². The van der Waals surface area contributed by atoms with Crippen molar-refractivity contribution in [1.82, 2.24) is 9.78 Å². The maximum Gasteiger partial charge on any atom is 0.0613 e. The minimum atomic E-state index is 0. The lowest BCUT2D eigenvalue weighted by molar-refractivity contribution is 0.501. The molecule has 4 heteroatoms. The van der Waals surface area contributed by atoms with E-state index in [9.17, 15) is 0 Å². The van der Waals surface area contributed by atoms with Gasteiger partial charge in [0, 0.05) is 18.9 Å². The van der Waals surface area contributed by atoms with Gasteiger partial charge in [0.05, 0.1) is 6.04 Å². The summed E-state index contributed by atoms with van der Waals surface area (Å²) in [4.78, 5) is 0. The second-order valence-corrected chi connectivity index (χ2v) is 2.07. The molecule has 1 unspecified atom stereocenters. The fourth-order valence-electron chi connectivity index (χ4n) is 0.649. The molecule has 0 fully saturated rings. The van der Waals surface area contributed by atoms with Crippen LogP contribution >= 0.6 is 12.4 Å². The monoisotopic (exact) mass is 161 g/mol. The average molecular weight is 162 g/mol. The van der Waals surface area contributed by atoms with Crippen LogP contribution in [0.25, 0.3) is 0 Å². The van der Waals surface area contributed by atoms with Gasteiger partial charge < -0.3 is 5.73 Å². The van der Waals surface area contributed by atoms with Crippen molar-refractivity contribution < 1.29 is 0 Å². The largest absolute Gasteiger partial charge is 0.328 e. The summed E-state index contributed by atoms with van der Waals surface area (Å²) in [7, 11) is 0. The normalized spacial score (nSPS) is 12.2. The molecule has 1 heterocycles. The van der Waals surface area contributed by atoms with Crippen molar-refractivity contribution in [3.8, 4) is 0 Å².